The number of ether oxygens (including phenoxy) is 2. The van der Waals surface area contributed by atoms with Crippen LogP contribution in [0.1, 0.15) is 0 Å². The molecule has 0 fully saturated rings. The molecule has 0 spiro atoms. The minimum atomic E-state index is 0.519. The smallest absolute Gasteiger partial charge is 0.121 e. The second-order valence-electron chi connectivity index (χ2n) is 5.89. The third-order valence-corrected chi connectivity index (χ3v) is 4.18. The molecule has 0 amide bonds. The van der Waals surface area contributed by atoms with Gasteiger partial charge < -0.3 is 9.47 Å². The number of nitrogens with zero attached hydrogens (tertiary/aromatic N) is 3. The van der Waals surface area contributed by atoms with E-state index in [0.717, 1.165) is 33.5 Å². The first kappa shape index (κ1) is 16.3. The highest BCUT2D eigenvalue weighted by Crippen LogP contribution is 2.29. The van der Waals surface area contributed by atoms with Gasteiger partial charge in [0.2, 0.25) is 0 Å². The largest absolute Gasteiger partial charge is 0.491 e. The topological polar surface area (TPSA) is 49.2 Å². The lowest BCUT2D eigenvalue weighted by Gasteiger charge is -2.08. The van der Waals surface area contributed by atoms with Gasteiger partial charge >= 0.3 is 0 Å². The first-order valence-electron chi connectivity index (χ1n) is 8.46. The Labute approximate surface area is 151 Å². The van der Waals surface area contributed by atoms with Crippen molar-refractivity contribution < 1.29 is 9.47 Å². The standard InChI is InChI=1S/C21H19N3O2/c1-25-11-12-26-18-7-8-20-19(9-10-22-21(20)13-18)16-14-23-24(15-16)17-5-3-2-4-6-17/h2-10,13-15H,11-12H2,1H3. The summed E-state index contributed by atoms with van der Waals surface area (Å²) in [6.45, 7) is 1.08. The highest BCUT2D eigenvalue weighted by Gasteiger charge is 2.09. The number of hydrogen-bond donors (Lipinski definition) is 0. The molecule has 0 aliphatic rings. The molecular formula is C21H19N3O2. The highest BCUT2D eigenvalue weighted by atomic mass is 16.5. The second-order valence-corrected chi connectivity index (χ2v) is 5.89. The maximum atomic E-state index is 5.68. The van der Waals surface area contributed by atoms with Gasteiger partial charge in [0.1, 0.15) is 12.4 Å². The van der Waals surface area contributed by atoms with Crippen LogP contribution in [0.25, 0.3) is 27.7 Å². The van der Waals surface area contributed by atoms with Crippen molar-refractivity contribution in [2.45, 2.75) is 0 Å². The minimum Gasteiger partial charge on any atom is -0.491 e. The molecule has 4 rings (SSSR count). The molecule has 0 aliphatic heterocycles. The van der Waals surface area contributed by atoms with Crippen molar-refractivity contribution in [3.8, 4) is 22.6 Å². The molecule has 2 aromatic heterocycles. The van der Waals surface area contributed by atoms with Crippen molar-refractivity contribution in [2.75, 3.05) is 20.3 Å². The Kier molecular flexibility index (Phi) is 4.62. The lowest BCUT2D eigenvalue weighted by atomic mass is 10.0. The zero-order chi connectivity index (χ0) is 17.8. The van der Waals surface area contributed by atoms with Gasteiger partial charge in [-0.05, 0) is 35.9 Å². The van der Waals surface area contributed by atoms with E-state index < -0.39 is 0 Å². The molecule has 0 saturated heterocycles. The third kappa shape index (κ3) is 3.30. The monoisotopic (exact) mass is 345 g/mol. The van der Waals surface area contributed by atoms with E-state index in [1.807, 2.05) is 77.9 Å². The molecule has 0 bridgehead atoms. The maximum Gasteiger partial charge on any atom is 0.121 e. The van der Waals surface area contributed by atoms with Gasteiger partial charge in [-0.25, -0.2) is 4.68 Å². The first-order valence-corrected chi connectivity index (χ1v) is 8.46. The van der Waals surface area contributed by atoms with Crippen LogP contribution in [-0.2, 0) is 4.74 Å². The summed E-state index contributed by atoms with van der Waals surface area (Å²) in [5.74, 6) is 0.791. The maximum absolute atomic E-state index is 5.68. The summed E-state index contributed by atoms with van der Waals surface area (Å²) in [4.78, 5) is 4.48. The number of methoxy groups -OCH3 is 1. The molecule has 0 saturated carbocycles. The van der Waals surface area contributed by atoms with E-state index in [1.165, 1.54) is 0 Å². The van der Waals surface area contributed by atoms with Gasteiger partial charge in [0.15, 0.2) is 0 Å². The molecule has 0 radical (unpaired) electrons. The molecule has 2 heterocycles. The summed E-state index contributed by atoms with van der Waals surface area (Å²) in [5, 5.41) is 5.56. The van der Waals surface area contributed by atoms with Crippen LogP contribution in [0.3, 0.4) is 0 Å². The fourth-order valence-corrected chi connectivity index (χ4v) is 2.90. The van der Waals surface area contributed by atoms with Gasteiger partial charge in [0.05, 0.1) is 24.0 Å². The average Bonchev–Trinajstić information content (AvgIpc) is 3.18. The Morgan fingerprint density at radius 2 is 1.88 bits per heavy atom. The van der Waals surface area contributed by atoms with E-state index in [4.69, 9.17) is 9.47 Å². The number of hydrogen-bond acceptors (Lipinski definition) is 4. The Bertz CT molecular complexity index is 1010. The molecule has 26 heavy (non-hydrogen) atoms. The predicted molar refractivity (Wildman–Crippen MR) is 102 cm³/mol. The highest BCUT2D eigenvalue weighted by molar-refractivity contribution is 5.94. The van der Waals surface area contributed by atoms with Crippen LogP contribution >= 0.6 is 0 Å². The Morgan fingerprint density at radius 1 is 1.00 bits per heavy atom. The van der Waals surface area contributed by atoms with Crippen molar-refractivity contribution in [2.24, 2.45) is 0 Å². The number of rotatable bonds is 6. The molecule has 0 aliphatic carbocycles. The molecule has 130 valence electrons. The van der Waals surface area contributed by atoms with Gasteiger partial charge in [-0.15, -0.1) is 0 Å². The van der Waals surface area contributed by atoms with E-state index in [1.54, 1.807) is 7.11 Å². The third-order valence-electron chi connectivity index (χ3n) is 4.18. The van der Waals surface area contributed by atoms with Crippen LogP contribution < -0.4 is 4.74 Å². The number of benzene rings is 2. The number of fused-ring (bicyclic) bond motifs is 1. The summed E-state index contributed by atoms with van der Waals surface area (Å²) < 4.78 is 12.6. The van der Waals surface area contributed by atoms with Crippen LogP contribution in [0.15, 0.2) is 73.2 Å². The van der Waals surface area contributed by atoms with E-state index in [0.29, 0.717) is 13.2 Å². The van der Waals surface area contributed by atoms with Crippen molar-refractivity contribution >= 4 is 10.9 Å². The van der Waals surface area contributed by atoms with E-state index in [2.05, 4.69) is 10.1 Å². The van der Waals surface area contributed by atoms with Crippen molar-refractivity contribution in [1.29, 1.82) is 0 Å². The summed E-state index contributed by atoms with van der Waals surface area (Å²) in [6.07, 6.45) is 5.73. The summed E-state index contributed by atoms with van der Waals surface area (Å²) in [5.41, 5.74) is 4.07. The molecular weight excluding hydrogens is 326 g/mol. The fourth-order valence-electron chi connectivity index (χ4n) is 2.90. The average molecular weight is 345 g/mol. The van der Waals surface area contributed by atoms with Crippen molar-refractivity contribution in [1.82, 2.24) is 14.8 Å². The van der Waals surface area contributed by atoms with E-state index in [9.17, 15) is 0 Å². The molecule has 0 unspecified atom stereocenters. The van der Waals surface area contributed by atoms with Crippen LogP contribution in [-0.4, -0.2) is 35.1 Å². The van der Waals surface area contributed by atoms with Crippen LogP contribution in [0.5, 0.6) is 5.75 Å². The first-order chi connectivity index (χ1) is 12.8. The zero-order valence-electron chi connectivity index (χ0n) is 14.5. The van der Waals surface area contributed by atoms with E-state index >= 15 is 0 Å². The summed E-state index contributed by atoms with van der Waals surface area (Å²) in [7, 11) is 1.66. The van der Waals surface area contributed by atoms with Gasteiger partial charge in [-0.2, -0.15) is 5.10 Å². The van der Waals surface area contributed by atoms with Crippen LogP contribution in [0.2, 0.25) is 0 Å². The van der Waals surface area contributed by atoms with E-state index in [-0.39, 0.29) is 0 Å². The summed E-state index contributed by atoms with van der Waals surface area (Å²) in [6, 6.07) is 18.0. The Balaban J connectivity index is 1.67. The fraction of sp³-hybridized carbons (Fsp3) is 0.143. The summed E-state index contributed by atoms with van der Waals surface area (Å²) >= 11 is 0. The second kappa shape index (κ2) is 7.37. The number of para-hydroxylation sites is 1. The molecule has 0 N–H and O–H groups in total. The van der Waals surface area contributed by atoms with Gasteiger partial charge in [0.25, 0.3) is 0 Å². The van der Waals surface area contributed by atoms with Gasteiger partial charge in [-0.1, -0.05) is 18.2 Å². The lowest BCUT2D eigenvalue weighted by molar-refractivity contribution is 0.146. The van der Waals surface area contributed by atoms with Gasteiger partial charge in [-0.3, -0.25) is 4.98 Å². The number of pyridine rings is 1. The Hall–Kier alpha value is -3.18. The SMILES string of the molecule is COCCOc1ccc2c(-c3cnn(-c4ccccc4)c3)ccnc2c1. The van der Waals surface area contributed by atoms with Crippen molar-refractivity contribution in [3.63, 3.8) is 0 Å². The van der Waals surface area contributed by atoms with Gasteiger partial charge in [0, 0.05) is 36.5 Å². The molecule has 5 nitrogen and oxygen atoms in total. The Morgan fingerprint density at radius 3 is 2.73 bits per heavy atom. The van der Waals surface area contributed by atoms with Crippen LogP contribution in [0, 0.1) is 0 Å². The lowest BCUT2D eigenvalue weighted by Crippen LogP contribution is -2.04. The molecule has 5 heteroatoms. The van der Waals surface area contributed by atoms with Crippen LogP contribution in [0.4, 0.5) is 0 Å². The molecule has 2 aromatic carbocycles. The minimum absolute atomic E-state index is 0.519. The van der Waals surface area contributed by atoms with Crippen molar-refractivity contribution in [3.05, 3.63) is 73.2 Å². The normalized spacial score (nSPS) is 11.0. The zero-order valence-corrected chi connectivity index (χ0v) is 14.5. The number of aromatic nitrogens is 3. The predicted octanol–water partition coefficient (Wildman–Crippen LogP) is 4.11. The quantitative estimate of drug-likeness (QED) is 0.493. The molecule has 0 atom stereocenters. The molecule has 4 aromatic rings.